The molecule has 0 aliphatic carbocycles. The zero-order valence-electron chi connectivity index (χ0n) is 21.6. The predicted octanol–water partition coefficient (Wildman–Crippen LogP) is 3.83. The molecule has 0 atom stereocenters. The van der Waals surface area contributed by atoms with Gasteiger partial charge < -0.3 is 10.6 Å². The maximum absolute atomic E-state index is 13.7. The normalized spacial score (nSPS) is 11.2. The Morgan fingerprint density at radius 1 is 1.11 bits per heavy atom. The van der Waals surface area contributed by atoms with Crippen LogP contribution in [0.4, 0.5) is 5.69 Å². The monoisotopic (exact) mass is 531 g/mol. The average molecular weight is 532 g/mol. The lowest BCUT2D eigenvalue weighted by atomic mass is 10.0. The molecule has 0 unspecified atom stereocenters. The third-order valence-electron chi connectivity index (χ3n) is 5.53. The smallest absolute Gasteiger partial charge is 0.274 e. The first-order valence-electron chi connectivity index (χ1n) is 11.7. The van der Waals surface area contributed by atoms with E-state index in [0.717, 1.165) is 0 Å². The van der Waals surface area contributed by atoms with Crippen molar-refractivity contribution in [2.45, 2.75) is 46.7 Å². The average Bonchev–Trinajstić information content (AvgIpc) is 3.45. The minimum atomic E-state index is -0.527. The summed E-state index contributed by atoms with van der Waals surface area (Å²) in [6.45, 7) is 9.25. The predicted molar refractivity (Wildman–Crippen MR) is 141 cm³/mol. The number of nitrogens with zero attached hydrogens (tertiary/aromatic N) is 7. The van der Waals surface area contributed by atoms with Gasteiger partial charge in [0, 0.05) is 5.54 Å². The largest absolute Gasteiger partial charge is 0.347 e. The number of anilines is 1. The molecule has 4 aromatic rings. The number of aromatic nitrogens is 6. The van der Waals surface area contributed by atoms with Crippen LogP contribution in [0.3, 0.4) is 0 Å². The number of para-hydroxylation sites is 1. The molecule has 2 aromatic carbocycles. The number of aryl methyl sites for hydroxylation is 2. The van der Waals surface area contributed by atoms with Gasteiger partial charge >= 0.3 is 0 Å². The number of tetrazole rings is 1. The number of hydrogen-bond donors (Lipinski definition) is 2. The molecule has 2 N–H and O–H groups in total. The van der Waals surface area contributed by atoms with Crippen LogP contribution in [0.25, 0.3) is 5.69 Å². The van der Waals surface area contributed by atoms with Crippen molar-refractivity contribution in [1.82, 2.24) is 35.3 Å². The van der Waals surface area contributed by atoms with Crippen LogP contribution >= 0.6 is 11.6 Å². The summed E-state index contributed by atoms with van der Waals surface area (Å²) in [5.41, 5.74) is 2.02. The van der Waals surface area contributed by atoms with Crippen LogP contribution in [0.15, 0.2) is 42.5 Å². The lowest BCUT2D eigenvalue weighted by molar-refractivity contribution is 0.0920. The van der Waals surface area contributed by atoms with Crippen LogP contribution < -0.4 is 10.6 Å². The van der Waals surface area contributed by atoms with Gasteiger partial charge in [-0.05, 0) is 80.9 Å². The number of amides is 2. The summed E-state index contributed by atoms with van der Waals surface area (Å²) in [7, 11) is 0. The minimum absolute atomic E-state index is 0.179. The molecule has 0 radical (unpaired) electrons. The number of hydrogen-bond acceptors (Lipinski definition) is 7. The van der Waals surface area contributed by atoms with Gasteiger partial charge in [0.05, 0.1) is 45.8 Å². The van der Waals surface area contributed by atoms with E-state index in [2.05, 4.69) is 37.3 Å². The highest BCUT2D eigenvalue weighted by molar-refractivity contribution is 6.32. The number of halogens is 1. The number of carbonyl (C=O) groups excluding carboxylic acids is 2. The van der Waals surface area contributed by atoms with E-state index in [1.807, 2.05) is 20.8 Å². The summed E-state index contributed by atoms with van der Waals surface area (Å²) in [4.78, 5) is 26.8. The summed E-state index contributed by atoms with van der Waals surface area (Å²) in [6, 6.07) is 13.8. The van der Waals surface area contributed by atoms with Crippen LogP contribution in [0.5, 0.6) is 0 Å². The van der Waals surface area contributed by atoms with E-state index in [0.29, 0.717) is 39.0 Å². The molecular formula is C26H26ClN9O2. The van der Waals surface area contributed by atoms with Gasteiger partial charge in [-0.3, -0.25) is 9.59 Å². The van der Waals surface area contributed by atoms with Crippen molar-refractivity contribution in [2.24, 2.45) is 0 Å². The molecule has 0 aliphatic rings. The fourth-order valence-corrected chi connectivity index (χ4v) is 4.02. The van der Waals surface area contributed by atoms with Crippen molar-refractivity contribution < 1.29 is 9.59 Å². The van der Waals surface area contributed by atoms with Crippen LogP contribution in [0, 0.1) is 25.2 Å². The zero-order chi connectivity index (χ0) is 27.6. The van der Waals surface area contributed by atoms with E-state index in [9.17, 15) is 14.9 Å². The second-order valence-electron chi connectivity index (χ2n) is 9.75. The Balaban J connectivity index is 1.78. The second-order valence-corrected chi connectivity index (χ2v) is 10.2. The van der Waals surface area contributed by atoms with Gasteiger partial charge in [-0.2, -0.15) is 10.4 Å². The zero-order valence-corrected chi connectivity index (χ0v) is 22.3. The van der Waals surface area contributed by atoms with E-state index in [1.165, 1.54) is 10.7 Å². The molecule has 0 saturated carbocycles. The van der Waals surface area contributed by atoms with Crippen LogP contribution in [-0.2, 0) is 6.54 Å². The third-order valence-corrected chi connectivity index (χ3v) is 5.85. The second kappa shape index (κ2) is 10.4. The van der Waals surface area contributed by atoms with Gasteiger partial charge in [0.25, 0.3) is 11.8 Å². The molecule has 0 saturated heterocycles. The Morgan fingerprint density at radius 2 is 1.84 bits per heavy atom. The van der Waals surface area contributed by atoms with Gasteiger partial charge in [0.1, 0.15) is 11.5 Å². The van der Waals surface area contributed by atoms with Gasteiger partial charge in [0.2, 0.25) is 0 Å². The molecule has 2 amide bonds. The summed E-state index contributed by atoms with van der Waals surface area (Å²) in [6.07, 6.45) is 0. The lowest BCUT2D eigenvalue weighted by Crippen LogP contribution is -2.41. The SMILES string of the molecule is Cc1cc(C#N)cc(C(=O)NC(C)(C)C)c1NC(=O)c1cc(Cn2nnnc2C)nn1-c1ccccc1Cl. The Morgan fingerprint density at radius 3 is 2.47 bits per heavy atom. The van der Waals surface area contributed by atoms with E-state index >= 15 is 0 Å². The molecule has 12 heteroatoms. The first-order chi connectivity index (χ1) is 18.0. The molecule has 0 fully saturated rings. The summed E-state index contributed by atoms with van der Waals surface area (Å²) >= 11 is 6.45. The number of nitriles is 1. The van der Waals surface area contributed by atoms with Crippen molar-refractivity contribution in [3.63, 3.8) is 0 Å². The molecule has 2 aromatic heterocycles. The fourth-order valence-electron chi connectivity index (χ4n) is 3.81. The highest BCUT2D eigenvalue weighted by Crippen LogP contribution is 2.26. The molecule has 2 heterocycles. The molecule has 4 rings (SSSR count). The van der Waals surface area contributed by atoms with E-state index in [4.69, 9.17) is 11.6 Å². The Labute approximate surface area is 224 Å². The van der Waals surface area contributed by atoms with Crippen molar-refractivity contribution in [2.75, 3.05) is 5.32 Å². The van der Waals surface area contributed by atoms with Gasteiger partial charge in [0.15, 0.2) is 0 Å². The van der Waals surface area contributed by atoms with Crippen molar-refractivity contribution in [1.29, 1.82) is 5.26 Å². The van der Waals surface area contributed by atoms with Crippen LogP contribution in [-0.4, -0.2) is 47.3 Å². The Bertz CT molecular complexity index is 1570. The molecule has 194 valence electrons. The highest BCUT2D eigenvalue weighted by Gasteiger charge is 2.24. The van der Waals surface area contributed by atoms with Crippen LogP contribution in [0.2, 0.25) is 5.02 Å². The molecule has 0 aliphatic heterocycles. The van der Waals surface area contributed by atoms with Gasteiger partial charge in [-0.25, -0.2) is 9.36 Å². The minimum Gasteiger partial charge on any atom is -0.347 e. The third kappa shape index (κ3) is 5.71. The molecule has 0 bridgehead atoms. The first kappa shape index (κ1) is 26.5. The molecule has 0 spiro atoms. The van der Waals surface area contributed by atoms with Crippen molar-refractivity contribution >= 4 is 29.1 Å². The maximum atomic E-state index is 13.7. The lowest BCUT2D eigenvalue weighted by Gasteiger charge is -2.22. The van der Waals surface area contributed by atoms with E-state index in [1.54, 1.807) is 54.9 Å². The van der Waals surface area contributed by atoms with Crippen molar-refractivity contribution in [3.05, 3.63) is 81.4 Å². The topological polar surface area (TPSA) is 143 Å². The first-order valence-corrected chi connectivity index (χ1v) is 12.1. The van der Waals surface area contributed by atoms with Crippen molar-refractivity contribution in [3.8, 4) is 11.8 Å². The van der Waals surface area contributed by atoms with Gasteiger partial charge in [-0.1, -0.05) is 23.7 Å². The Hall–Kier alpha value is -4.56. The molecule has 11 nitrogen and oxygen atoms in total. The molecular weight excluding hydrogens is 506 g/mol. The maximum Gasteiger partial charge on any atom is 0.274 e. The number of rotatable bonds is 6. The number of nitrogens with one attached hydrogen (secondary N) is 2. The van der Waals surface area contributed by atoms with E-state index in [-0.39, 0.29) is 17.8 Å². The van der Waals surface area contributed by atoms with Gasteiger partial charge in [-0.15, -0.1) is 5.10 Å². The summed E-state index contributed by atoms with van der Waals surface area (Å²) in [5.74, 6) is -0.344. The number of benzene rings is 2. The van der Waals surface area contributed by atoms with Crippen LogP contribution in [0.1, 0.15) is 64.3 Å². The fraction of sp³-hybridized carbons (Fsp3) is 0.269. The highest BCUT2D eigenvalue weighted by atomic mass is 35.5. The molecule has 38 heavy (non-hydrogen) atoms. The standard InChI is InChI=1S/C26H26ClN9O2/c1-15-10-17(13-28)11-19(24(37)30-26(3,4)5)23(15)29-25(38)22-12-18(14-35-16(2)31-33-34-35)32-36(22)21-9-7-6-8-20(21)27/h6-12H,14H2,1-5H3,(H,29,38)(H,30,37). The summed E-state index contributed by atoms with van der Waals surface area (Å²) < 4.78 is 3.00. The Kier molecular flexibility index (Phi) is 7.28. The van der Waals surface area contributed by atoms with E-state index < -0.39 is 17.4 Å². The quantitative estimate of drug-likeness (QED) is 0.384. The summed E-state index contributed by atoms with van der Waals surface area (Å²) in [5, 5.41) is 31.7. The number of carbonyl (C=O) groups is 2.